The highest BCUT2D eigenvalue weighted by Gasteiger charge is 2.34. The summed E-state index contributed by atoms with van der Waals surface area (Å²) in [5, 5.41) is 0. The van der Waals surface area contributed by atoms with Crippen LogP contribution in [0.15, 0.2) is 0 Å². The minimum absolute atomic E-state index is 0.263. The van der Waals surface area contributed by atoms with E-state index in [9.17, 15) is 0 Å². The van der Waals surface area contributed by atoms with Crippen molar-refractivity contribution >= 4 is 0 Å². The molecule has 0 aromatic carbocycles. The minimum atomic E-state index is 0.263. The van der Waals surface area contributed by atoms with Crippen molar-refractivity contribution in [1.82, 2.24) is 4.90 Å². The van der Waals surface area contributed by atoms with Crippen LogP contribution in [0.1, 0.15) is 46.5 Å². The van der Waals surface area contributed by atoms with E-state index in [-0.39, 0.29) is 5.54 Å². The lowest BCUT2D eigenvalue weighted by molar-refractivity contribution is 0.126. The SMILES string of the molecule is CCCC(C)(CN)N1CCC(CC)C1. The minimum Gasteiger partial charge on any atom is -0.329 e. The van der Waals surface area contributed by atoms with Gasteiger partial charge in [0.2, 0.25) is 0 Å². The molecule has 2 N–H and O–H groups in total. The van der Waals surface area contributed by atoms with Gasteiger partial charge in [0.15, 0.2) is 0 Å². The molecule has 0 spiro atoms. The first kappa shape index (κ1) is 12.0. The van der Waals surface area contributed by atoms with Crippen molar-refractivity contribution in [3.05, 3.63) is 0 Å². The van der Waals surface area contributed by atoms with Crippen molar-refractivity contribution in [3.8, 4) is 0 Å². The molecule has 1 heterocycles. The van der Waals surface area contributed by atoms with E-state index in [4.69, 9.17) is 5.73 Å². The van der Waals surface area contributed by atoms with Gasteiger partial charge in [0, 0.05) is 18.6 Å². The van der Waals surface area contributed by atoms with Crippen LogP contribution in [0.2, 0.25) is 0 Å². The molecule has 2 nitrogen and oxygen atoms in total. The van der Waals surface area contributed by atoms with Gasteiger partial charge in [-0.05, 0) is 32.2 Å². The zero-order valence-electron chi connectivity index (χ0n) is 10.1. The average molecular weight is 198 g/mol. The van der Waals surface area contributed by atoms with E-state index in [0.717, 1.165) is 12.5 Å². The topological polar surface area (TPSA) is 29.3 Å². The summed E-state index contributed by atoms with van der Waals surface area (Å²) in [6.07, 6.45) is 5.17. The largest absolute Gasteiger partial charge is 0.329 e. The van der Waals surface area contributed by atoms with Crippen molar-refractivity contribution in [2.75, 3.05) is 19.6 Å². The fraction of sp³-hybridized carbons (Fsp3) is 1.00. The van der Waals surface area contributed by atoms with Crippen molar-refractivity contribution in [2.24, 2.45) is 11.7 Å². The molecular weight excluding hydrogens is 172 g/mol. The fourth-order valence-corrected chi connectivity index (χ4v) is 2.58. The van der Waals surface area contributed by atoms with E-state index in [1.807, 2.05) is 0 Å². The van der Waals surface area contributed by atoms with Gasteiger partial charge in [-0.3, -0.25) is 4.90 Å². The number of hydrogen-bond donors (Lipinski definition) is 1. The highest BCUT2D eigenvalue weighted by Crippen LogP contribution is 2.28. The Morgan fingerprint density at radius 1 is 1.43 bits per heavy atom. The Bertz CT molecular complexity index is 170. The highest BCUT2D eigenvalue weighted by molar-refractivity contribution is 4.91. The quantitative estimate of drug-likeness (QED) is 0.734. The molecule has 0 radical (unpaired) electrons. The van der Waals surface area contributed by atoms with Crippen molar-refractivity contribution < 1.29 is 0 Å². The molecule has 1 aliphatic rings. The summed E-state index contributed by atoms with van der Waals surface area (Å²) in [5.41, 5.74) is 6.18. The Balaban J connectivity index is 2.53. The number of likely N-dealkylation sites (tertiary alicyclic amines) is 1. The van der Waals surface area contributed by atoms with Gasteiger partial charge in [0.1, 0.15) is 0 Å². The average Bonchev–Trinajstić information content (AvgIpc) is 2.66. The normalized spacial score (nSPS) is 27.9. The van der Waals surface area contributed by atoms with E-state index in [1.54, 1.807) is 0 Å². The molecule has 0 aromatic heterocycles. The first-order chi connectivity index (χ1) is 6.66. The molecule has 2 unspecified atom stereocenters. The van der Waals surface area contributed by atoms with Gasteiger partial charge in [-0.1, -0.05) is 26.7 Å². The standard InChI is InChI=1S/C12H26N2/c1-4-7-12(3,10-13)14-8-6-11(5-2)9-14/h11H,4-10,13H2,1-3H3. The number of rotatable bonds is 5. The predicted molar refractivity (Wildman–Crippen MR) is 62.3 cm³/mol. The number of nitrogens with two attached hydrogens (primary N) is 1. The molecule has 0 aliphatic carbocycles. The van der Waals surface area contributed by atoms with Gasteiger partial charge in [-0.2, -0.15) is 0 Å². The summed E-state index contributed by atoms with van der Waals surface area (Å²) in [5.74, 6) is 0.915. The van der Waals surface area contributed by atoms with Gasteiger partial charge in [-0.25, -0.2) is 0 Å². The Hall–Kier alpha value is -0.0800. The first-order valence-electron chi connectivity index (χ1n) is 6.11. The van der Waals surface area contributed by atoms with Crippen LogP contribution in [-0.2, 0) is 0 Å². The van der Waals surface area contributed by atoms with Crippen LogP contribution in [-0.4, -0.2) is 30.1 Å². The molecule has 84 valence electrons. The highest BCUT2D eigenvalue weighted by atomic mass is 15.2. The second-order valence-corrected chi connectivity index (χ2v) is 4.96. The van der Waals surface area contributed by atoms with E-state index < -0.39 is 0 Å². The third kappa shape index (κ3) is 2.48. The van der Waals surface area contributed by atoms with E-state index in [2.05, 4.69) is 25.7 Å². The van der Waals surface area contributed by atoms with Crippen LogP contribution >= 0.6 is 0 Å². The van der Waals surface area contributed by atoms with Gasteiger partial charge >= 0.3 is 0 Å². The van der Waals surface area contributed by atoms with Gasteiger partial charge < -0.3 is 5.73 Å². The van der Waals surface area contributed by atoms with Crippen molar-refractivity contribution in [3.63, 3.8) is 0 Å². The fourth-order valence-electron chi connectivity index (χ4n) is 2.58. The zero-order valence-corrected chi connectivity index (χ0v) is 10.1. The van der Waals surface area contributed by atoms with Crippen LogP contribution in [0.5, 0.6) is 0 Å². The first-order valence-corrected chi connectivity index (χ1v) is 6.11. The molecule has 14 heavy (non-hydrogen) atoms. The van der Waals surface area contributed by atoms with Crippen LogP contribution in [0.25, 0.3) is 0 Å². The van der Waals surface area contributed by atoms with Crippen molar-refractivity contribution in [2.45, 2.75) is 52.0 Å². The van der Waals surface area contributed by atoms with Crippen LogP contribution in [0.3, 0.4) is 0 Å². The second-order valence-electron chi connectivity index (χ2n) is 4.96. The molecule has 0 bridgehead atoms. The molecule has 1 saturated heterocycles. The molecule has 0 saturated carbocycles. The zero-order chi connectivity index (χ0) is 10.6. The maximum absolute atomic E-state index is 5.92. The van der Waals surface area contributed by atoms with Gasteiger partial charge in [-0.15, -0.1) is 0 Å². The molecule has 1 fully saturated rings. The molecule has 0 aromatic rings. The number of hydrogen-bond acceptors (Lipinski definition) is 2. The van der Waals surface area contributed by atoms with Gasteiger partial charge in [0.05, 0.1) is 0 Å². The van der Waals surface area contributed by atoms with E-state index >= 15 is 0 Å². The van der Waals surface area contributed by atoms with Gasteiger partial charge in [0.25, 0.3) is 0 Å². The lowest BCUT2D eigenvalue weighted by atomic mass is 9.94. The third-order valence-corrected chi connectivity index (χ3v) is 3.85. The second kappa shape index (κ2) is 5.13. The lowest BCUT2D eigenvalue weighted by Gasteiger charge is -2.38. The summed E-state index contributed by atoms with van der Waals surface area (Å²) in [7, 11) is 0. The lowest BCUT2D eigenvalue weighted by Crippen LogP contribution is -2.50. The monoisotopic (exact) mass is 198 g/mol. The molecule has 2 atom stereocenters. The van der Waals surface area contributed by atoms with E-state index in [1.165, 1.54) is 38.8 Å². The molecule has 2 heteroatoms. The van der Waals surface area contributed by atoms with Crippen LogP contribution in [0.4, 0.5) is 0 Å². The smallest absolute Gasteiger partial charge is 0.0303 e. The van der Waals surface area contributed by atoms with Crippen molar-refractivity contribution in [1.29, 1.82) is 0 Å². The predicted octanol–water partition coefficient (Wildman–Crippen LogP) is 2.24. The van der Waals surface area contributed by atoms with Crippen LogP contribution in [0, 0.1) is 5.92 Å². The molecule has 1 aliphatic heterocycles. The molecule has 0 amide bonds. The maximum atomic E-state index is 5.92. The Kier molecular flexibility index (Phi) is 4.39. The van der Waals surface area contributed by atoms with E-state index in [0.29, 0.717) is 0 Å². The summed E-state index contributed by atoms with van der Waals surface area (Å²) < 4.78 is 0. The Morgan fingerprint density at radius 3 is 2.57 bits per heavy atom. The third-order valence-electron chi connectivity index (χ3n) is 3.85. The number of nitrogens with zero attached hydrogens (tertiary/aromatic N) is 1. The summed E-state index contributed by atoms with van der Waals surface area (Å²) in [6, 6.07) is 0. The Morgan fingerprint density at radius 2 is 2.14 bits per heavy atom. The molecule has 1 rings (SSSR count). The molecular formula is C12H26N2. The maximum Gasteiger partial charge on any atom is 0.0303 e. The Labute approximate surface area is 88.8 Å². The summed E-state index contributed by atoms with van der Waals surface area (Å²) in [6.45, 7) is 10.2. The summed E-state index contributed by atoms with van der Waals surface area (Å²) >= 11 is 0. The summed E-state index contributed by atoms with van der Waals surface area (Å²) in [4.78, 5) is 2.62. The van der Waals surface area contributed by atoms with Crippen LogP contribution < -0.4 is 5.73 Å².